The van der Waals surface area contributed by atoms with Gasteiger partial charge in [-0.05, 0) is 24.6 Å². The van der Waals surface area contributed by atoms with Crippen molar-refractivity contribution in [3.05, 3.63) is 24.0 Å². The first-order chi connectivity index (χ1) is 9.47. The van der Waals surface area contributed by atoms with Crippen LogP contribution in [0, 0.1) is 17.7 Å². The highest BCUT2D eigenvalue weighted by atomic mass is 19.1. The molecule has 1 heterocycles. The fraction of sp³-hybridized carbons (Fsp3) is 0.308. The van der Waals surface area contributed by atoms with E-state index in [0.717, 1.165) is 11.0 Å². The van der Waals surface area contributed by atoms with E-state index in [1.165, 1.54) is 12.1 Å². The number of anilines is 2. The molecule has 7 heteroatoms. The molecule has 2 unspecified atom stereocenters. The maximum absolute atomic E-state index is 13.0. The SMILES string of the molecule is Nc1cc(NC(=O)CN2C(=O)C3CC3C2=O)ccc1F. The Morgan fingerprint density at radius 2 is 2.00 bits per heavy atom. The lowest BCUT2D eigenvalue weighted by Gasteiger charge is -2.16. The number of amides is 3. The number of nitrogens with two attached hydrogens (primary N) is 1. The predicted octanol–water partition coefficient (Wildman–Crippen LogP) is 0.351. The molecular weight excluding hydrogens is 265 g/mol. The minimum Gasteiger partial charge on any atom is -0.396 e. The first-order valence-corrected chi connectivity index (χ1v) is 6.17. The third-order valence-electron chi connectivity index (χ3n) is 3.54. The number of nitrogen functional groups attached to an aromatic ring is 1. The fourth-order valence-electron chi connectivity index (χ4n) is 2.37. The molecule has 0 spiro atoms. The number of halogens is 1. The molecular formula is C13H12FN3O3. The number of hydrogen-bond donors (Lipinski definition) is 2. The zero-order valence-electron chi connectivity index (χ0n) is 10.4. The highest BCUT2D eigenvalue weighted by molar-refractivity contribution is 6.11. The summed E-state index contributed by atoms with van der Waals surface area (Å²) in [6, 6.07) is 3.76. The van der Waals surface area contributed by atoms with E-state index < -0.39 is 11.7 Å². The average Bonchev–Trinajstić information content (AvgIpc) is 3.15. The number of imide groups is 1. The molecule has 20 heavy (non-hydrogen) atoms. The summed E-state index contributed by atoms with van der Waals surface area (Å²) in [5, 5.41) is 2.48. The van der Waals surface area contributed by atoms with Gasteiger partial charge in [-0.25, -0.2) is 4.39 Å². The van der Waals surface area contributed by atoms with Gasteiger partial charge in [-0.1, -0.05) is 0 Å². The first kappa shape index (κ1) is 12.6. The highest BCUT2D eigenvalue weighted by Crippen LogP contribution is 2.46. The molecule has 0 bridgehead atoms. The van der Waals surface area contributed by atoms with Gasteiger partial charge in [0, 0.05) is 5.69 Å². The molecule has 1 aromatic carbocycles. The van der Waals surface area contributed by atoms with Crippen LogP contribution in [-0.4, -0.2) is 29.2 Å². The van der Waals surface area contributed by atoms with E-state index >= 15 is 0 Å². The van der Waals surface area contributed by atoms with Gasteiger partial charge in [0.1, 0.15) is 12.4 Å². The van der Waals surface area contributed by atoms with Crippen molar-refractivity contribution in [2.45, 2.75) is 6.42 Å². The number of nitrogens with zero attached hydrogens (tertiary/aromatic N) is 1. The minimum atomic E-state index is -0.576. The van der Waals surface area contributed by atoms with E-state index in [2.05, 4.69) is 5.32 Å². The van der Waals surface area contributed by atoms with Crippen molar-refractivity contribution in [1.29, 1.82) is 0 Å². The molecule has 1 aromatic rings. The van der Waals surface area contributed by atoms with E-state index in [1.54, 1.807) is 0 Å². The first-order valence-electron chi connectivity index (χ1n) is 6.17. The Balaban J connectivity index is 1.64. The topological polar surface area (TPSA) is 92.5 Å². The van der Waals surface area contributed by atoms with E-state index in [0.29, 0.717) is 12.1 Å². The molecule has 3 rings (SSSR count). The van der Waals surface area contributed by atoms with E-state index in [4.69, 9.17) is 5.73 Å². The summed E-state index contributed by atoms with van der Waals surface area (Å²) in [6.07, 6.45) is 0.601. The van der Waals surface area contributed by atoms with Crippen molar-refractivity contribution in [3.8, 4) is 0 Å². The maximum Gasteiger partial charge on any atom is 0.244 e. The van der Waals surface area contributed by atoms with Crippen LogP contribution in [0.5, 0.6) is 0 Å². The lowest BCUT2D eigenvalue weighted by atomic mass is 10.2. The van der Waals surface area contributed by atoms with E-state index in [9.17, 15) is 18.8 Å². The third kappa shape index (κ3) is 2.01. The Labute approximate surface area is 113 Å². The summed E-state index contributed by atoms with van der Waals surface area (Å²) < 4.78 is 13.0. The quantitative estimate of drug-likeness (QED) is 0.616. The molecule has 1 saturated heterocycles. The Kier molecular flexibility index (Phi) is 2.70. The second kappa shape index (κ2) is 4.29. The minimum absolute atomic E-state index is 0.0858. The van der Waals surface area contributed by atoms with Crippen LogP contribution in [0.25, 0.3) is 0 Å². The molecule has 0 radical (unpaired) electrons. The van der Waals surface area contributed by atoms with Crippen LogP contribution in [0.1, 0.15) is 6.42 Å². The van der Waals surface area contributed by atoms with Gasteiger partial charge in [-0.3, -0.25) is 19.3 Å². The summed E-state index contributed by atoms with van der Waals surface area (Å²) >= 11 is 0. The molecule has 3 amide bonds. The highest BCUT2D eigenvalue weighted by Gasteiger charge is 2.59. The number of hydrogen-bond acceptors (Lipinski definition) is 4. The van der Waals surface area contributed by atoms with Crippen molar-refractivity contribution < 1.29 is 18.8 Å². The molecule has 2 atom stereocenters. The van der Waals surface area contributed by atoms with Crippen molar-refractivity contribution in [2.24, 2.45) is 11.8 Å². The smallest absolute Gasteiger partial charge is 0.244 e. The number of nitrogens with one attached hydrogen (secondary N) is 1. The molecule has 1 aliphatic carbocycles. The zero-order chi connectivity index (χ0) is 14.4. The summed E-state index contributed by atoms with van der Waals surface area (Å²) in [7, 11) is 0. The number of carbonyl (C=O) groups is 3. The summed E-state index contributed by atoms with van der Waals surface area (Å²) in [6.45, 7) is -0.318. The van der Waals surface area contributed by atoms with Gasteiger partial charge >= 0.3 is 0 Å². The second-order valence-electron chi connectivity index (χ2n) is 5.00. The van der Waals surface area contributed by atoms with Crippen LogP contribution >= 0.6 is 0 Å². The Morgan fingerprint density at radius 1 is 1.35 bits per heavy atom. The van der Waals surface area contributed by atoms with Crippen LogP contribution < -0.4 is 11.1 Å². The van der Waals surface area contributed by atoms with Gasteiger partial charge in [-0.15, -0.1) is 0 Å². The van der Waals surface area contributed by atoms with Gasteiger partial charge in [0.2, 0.25) is 17.7 Å². The summed E-state index contributed by atoms with van der Waals surface area (Å²) in [5.41, 5.74) is 5.62. The number of benzene rings is 1. The van der Waals surface area contributed by atoms with Crippen LogP contribution in [0.15, 0.2) is 18.2 Å². The molecule has 1 saturated carbocycles. The van der Waals surface area contributed by atoms with E-state index in [1.807, 2.05) is 0 Å². The van der Waals surface area contributed by atoms with Crippen LogP contribution in [0.2, 0.25) is 0 Å². The molecule has 0 aromatic heterocycles. The van der Waals surface area contributed by atoms with Crippen LogP contribution in [0.4, 0.5) is 15.8 Å². The van der Waals surface area contributed by atoms with Crippen molar-refractivity contribution >= 4 is 29.1 Å². The zero-order valence-corrected chi connectivity index (χ0v) is 10.4. The average molecular weight is 277 g/mol. The van der Waals surface area contributed by atoms with Crippen LogP contribution in [-0.2, 0) is 14.4 Å². The number of carbonyl (C=O) groups excluding carboxylic acids is 3. The summed E-state index contributed by atoms with van der Waals surface area (Å²) in [4.78, 5) is 36.2. The molecule has 104 valence electrons. The second-order valence-corrected chi connectivity index (χ2v) is 5.00. The lowest BCUT2D eigenvalue weighted by molar-refractivity contribution is -0.143. The van der Waals surface area contributed by atoms with Gasteiger partial charge < -0.3 is 11.1 Å². The Hall–Kier alpha value is -2.44. The van der Waals surface area contributed by atoms with Crippen molar-refractivity contribution in [3.63, 3.8) is 0 Å². The predicted molar refractivity (Wildman–Crippen MR) is 67.8 cm³/mol. The Morgan fingerprint density at radius 3 is 2.60 bits per heavy atom. The maximum atomic E-state index is 13.0. The monoisotopic (exact) mass is 277 g/mol. The van der Waals surface area contributed by atoms with Gasteiger partial charge in [0.05, 0.1) is 17.5 Å². The molecule has 2 fully saturated rings. The fourth-order valence-corrected chi connectivity index (χ4v) is 2.37. The normalized spacial score (nSPS) is 23.8. The molecule has 2 aliphatic rings. The number of piperidine rings is 1. The molecule has 1 aliphatic heterocycles. The van der Waals surface area contributed by atoms with Crippen LogP contribution in [0.3, 0.4) is 0 Å². The standard InChI is InChI=1S/C13H12FN3O3/c14-9-2-1-6(3-10(9)15)16-11(18)5-17-12(19)7-4-8(7)13(17)20/h1-3,7-8H,4-5,15H2,(H,16,18). The number of fused-ring (bicyclic) bond motifs is 1. The van der Waals surface area contributed by atoms with Gasteiger partial charge in [0.25, 0.3) is 0 Å². The summed E-state index contributed by atoms with van der Waals surface area (Å²) in [5.74, 6) is -2.11. The van der Waals surface area contributed by atoms with Crippen molar-refractivity contribution in [1.82, 2.24) is 4.90 Å². The molecule has 3 N–H and O–H groups in total. The number of likely N-dealkylation sites (tertiary alicyclic amines) is 1. The molecule has 6 nitrogen and oxygen atoms in total. The third-order valence-corrected chi connectivity index (χ3v) is 3.54. The Bertz CT molecular complexity index is 611. The van der Waals surface area contributed by atoms with Gasteiger partial charge in [0.15, 0.2) is 0 Å². The lowest BCUT2D eigenvalue weighted by Crippen LogP contribution is -2.39. The largest absolute Gasteiger partial charge is 0.396 e. The van der Waals surface area contributed by atoms with E-state index in [-0.39, 0.29) is 35.9 Å². The number of rotatable bonds is 3. The van der Waals surface area contributed by atoms with Crippen molar-refractivity contribution in [2.75, 3.05) is 17.6 Å². The van der Waals surface area contributed by atoms with Gasteiger partial charge in [-0.2, -0.15) is 0 Å².